The van der Waals surface area contributed by atoms with Crippen LogP contribution in [0.15, 0.2) is 46.9 Å². The zero-order chi connectivity index (χ0) is 20.1. The number of thiazole rings is 1. The third-order valence-electron chi connectivity index (χ3n) is 4.03. The highest BCUT2D eigenvalue weighted by Crippen LogP contribution is 2.31. The van der Waals surface area contributed by atoms with E-state index < -0.39 is 0 Å². The zero-order valence-corrected chi connectivity index (χ0v) is 18.7. The number of nitrogens with one attached hydrogen (secondary N) is 1. The van der Waals surface area contributed by atoms with Crippen molar-refractivity contribution in [2.75, 3.05) is 11.9 Å². The second kappa shape index (κ2) is 9.54. The fourth-order valence-corrected chi connectivity index (χ4v) is 4.34. The van der Waals surface area contributed by atoms with Crippen molar-refractivity contribution in [1.29, 1.82) is 0 Å². The van der Waals surface area contributed by atoms with E-state index in [1.807, 2.05) is 49.4 Å². The minimum Gasteiger partial charge on any atom is -0.483 e. The number of aryl methyl sites for hydroxylation is 2. The third kappa shape index (κ3) is 5.34. The molecular formula is C21H20BrClN2O2S. The van der Waals surface area contributed by atoms with E-state index in [-0.39, 0.29) is 12.5 Å². The van der Waals surface area contributed by atoms with Crippen LogP contribution in [0.4, 0.5) is 5.13 Å². The van der Waals surface area contributed by atoms with E-state index in [1.54, 1.807) is 0 Å². The standard InChI is InChI=1S/C21H20BrClN2O2S/c1-3-5-14-8-9-18(17(22)10-14)27-12-19(26)24-21-25-20(13(2)28-21)15-6-4-7-16(23)11-15/h4,6-11H,3,5,12H2,1-2H3,(H,24,25,26). The molecule has 1 aromatic heterocycles. The minimum atomic E-state index is -0.254. The van der Waals surface area contributed by atoms with Crippen molar-refractivity contribution >= 4 is 49.9 Å². The molecule has 0 bridgehead atoms. The highest BCUT2D eigenvalue weighted by atomic mass is 79.9. The lowest BCUT2D eigenvalue weighted by Gasteiger charge is -2.09. The first-order chi connectivity index (χ1) is 13.5. The Kier molecular flexibility index (Phi) is 7.10. The maximum Gasteiger partial charge on any atom is 0.264 e. The number of ether oxygens (including phenoxy) is 1. The normalized spacial score (nSPS) is 10.7. The Balaban J connectivity index is 1.62. The summed E-state index contributed by atoms with van der Waals surface area (Å²) in [5.41, 5.74) is 2.98. The van der Waals surface area contributed by atoms with Crippen LogP contribution in [-0.2, 0) is 11.2 Å². The number of amides is 1. The highest BCUT2D eigenvalue weighted by molar-refractivity contribution is 9.10. The van der Waals surface area contributed by atoms with E-state index >= 15 is 0 Å². The van der Waals surface area contributed by atoms with Crippen LogP contribution >= 0.6 is 38.9 Å². The monoisotopic (exact) mass is 478 g/mol. The first-order valence-electron chi connectivity index (χ1n) is 8.90. The van der Waals surface area contributed by atoms with Crippen molar-refractivity contribution < 1.29 is 9.53 Å². The van der Waals surface area contributed by atoms with Crippen LogP contribution in [0.3, 0.4) is 0 Å². The van der Waals surface area contributed by atoms with Gasteiger partial charge in [-0.2, -0.15) is 0 Å². The molecule has 0 spiro atoms. The number of halogens is 2. The summed E-state index contributed by atoms with van der Waals surface area (Å²) in [6.45, 7) is 4.02. The van der Waals surface area contributed by atoms with Crippen LogP contribution in [0.5, 0.6) is 5.75 Å². The van der Waals surface area contributed by atoms with E-state index in [2.05, 4.69) is 33.2 Å². The van der Waals surface area contributed by atoms with Gasteiger partial charge in [0.2, 0.25) is 0 Å². The summed E-state index contributed by atoms with van der Waals surface area (Å²) in [5, 5.41) is 4.00. The van der Waals surface area contributed by atoms with Crippen LogP contribution in [0.1, 0.15) is 23.8 Å². The van der Waals surface area contributed by atoms with Crippen molar-refractivity contribution in [2.24, 2.45) is 0 Å². The Hall–Kier alpha value is -1.89. The predicted molar refractivity (Wildman–Crippen MR) is 120 cm³/mol. The number of benzene rings is 2. The number of nitrogens with zero attached hydrogens (tertiary/aromatic N) is 1. The number of carbonyl (C=O) groups is 1. The molecule has 0 aliphatic heterocycles. The summed E-state index contributed by atoms with van der Waals surface area (Å²) in [7, 11) is 0. The average molecular weight is 480 g/mol. The Morgan fingerprint density at radius 2 is 2.11 bits per heavy atom. The van der Waals surface area contributed by atoms with E-state index in [0.717, 1.165) is 33.4 Å². The molecule has 0 aliphatic rings. The first-order valence-corrected chi connectivity index (χ1v) is 10.9. The summed E-state index contributed by atoms with van der Waals surface area (Å²) >= 11 is 11.0. The molecule has 0 aliphatic carbocycles. The van der Waals surface area contributed by atoms with Gasteiger partial charge in [0.05, 0.1) is 10.2 Å². The summed E-state index contributed by atoms with van der Waals surface area (Å²) in [6, 6.07) is 13.4. The molecule has 0 saturated carbocycles. The number of hydrogen-bond acceptors (Lipinski definition) is 4. The molecule has 1 N–H and O–H groups in total. The molecule has 3 rings (SSSR count). The number of carbonyl (C=O) groups excluding carboxylic acids is 1. The fraction of sp³-hybridized carbons (Fsp3) is 0.238. The Morgan fingerprint density at radius 1 is 1.29 bits per heavy atom. The molecule has 0 atom stereocenters. The predicted octanol–water partition coefficient (Wildman–Crippen LogP) is 6.50. The highest BCUT2D eigenvalue weighted by Gasteiger charge is 2.13. The first kappa shape index (κ1) is 20.8. The topological polar surface area (TPSA) is 51.2 Å². The van der Waals surface area contributed by atoms with Gasteiger partial charge in [0.15, 0.2) is 11.7 Å². The van der Waals surface area contributed by atoms with Crippen molar-refractivity contribution in [1.82, 2.24) is 4.98 Å². The van der Waals surface area contributed by atoms with Crippen LogP contribution in [0.2, 0.25) is 5.02 Å². The smallest absolute Gasteiger partial charge is 0.264 e. The average Bonchev–Trinajstić information content (AvgIpc) is 3.01. The molecule has 0 fully saturated rings. The van der Waals surface area contributed by atoms with E-state index in [0.29, 0.717) is 15.9 Å². The summed E-state index contributed by atoms with van der Waals surface area (Å²) in [6.07, 6.45) is 2.09. The molecule has 7 heteroatoms. The van der Waals surface area contributed by atoms with Crippen molar-refractivity contribution in [3.8, 4) is 17.0 Å². The maximum atomic E-state index is 12.3. The van der Waals surface area contributed by atoms with E-state index in [1.165, 1.54) is 16.9 Å². The summed E-state index contributed by atoms with van der Waals surface area (Å²) < 4.78 is 6.49. The van der Waals surface area contributed by atoms with Crippen molar-refractivity contribution in [2.45, 2.75) is 26.7 Å². The van der Waals surface area contributed by atoms with Gasteiger partial charge in [-0.05, 0) is 59.1 Å². The maximum absolute atomic E-state index is 12.3. The lowest BCUT2D eigenvalue weighted by molar-refractivity contribution is -0.118. The zero-order valence-electron chi connectivity index (χ0n) is 15.6. The number of hydrogen-bond donors (Lipinski definition) is 1. The van der Waals surface area contributed by atoms with Crippen LogP contribution in [-0.4, -0.2) is 17.5 Å². The van der Waals surface area contributed by atoms with Gasteiger partial charge >= 0.3 is 0 Å². The van der Waals surface area contributed by atoms with Gasteiger partial charge in [-0.25, -0.2) is 4.98 Å². The van der Waals surface area contributed by atoms with Gasteiger partial charge in [-0.15, -0.1) is 11.3 Å². The number of anilines is 1. The second-order valence-corrected chi connectivity index (χ2v) is 8.78. The number of aromatic nitrogens is 1. The second-order valence-electron chi connectivity index (χ2n) is 6.29. The Morgan fingerprint density at radius 3 is 2.82 bits per heavy atom. The summed E-state index contributed by atoms with van der Waals surface area (Å²) in [5.74, 6) is 0.390. The van der Waals surface area contributed by atoms with Crippen molar-refractivity contribution in [3.05, 3.63) is 62.4 Å². The fourth-order valence-electron chi connectivity index (χ4n) is 2.76. The number of rotatable bonds is 7. The lowest BCUT2D eigenvalue weighted by atomic mass is 10.1. The van der Waals surface area contributed by atoms with Crippen LogP contribution < -0.4 is 10.1 Å². The molecular weight excluding hydrogens is 460 g/mol. The lowest BCUT2D eigenvalue weighted by Crippen LogP contribution is -2.20. The molecule has 1 amide bonds. The molecule has 4 nitrogen and oxygen atoms in total. The molecule has 0 unspecified atom stereocenters. The SMILES string of the molecule is CCCc1ccc(OCC(=O)Nc2nc(-c3cccc(Cl)c3)c(C)s2)c(Br)c1. The minimum absolute atomic E-state index is 0.0865. The summed E-state index contributed by atoms with van der Waals surface area (Å²) in [4.78, 5) is 17.8. The molecule has 0 radical (unpaired) electrons. The molecule has 2 aromatic carbocycles. The van der Waals surface area contributed by atoms with E-state index in [4.69, 9.17) is 16.3 Å². The van der Waals surface area contributed by atoms with E-state index in [9.17, 15) is 4.79 Å². The molecule has 3 aromatic rings. The molecule has 146 valence electrons. The molecule has 0 saturated heterocycles. The van der Waals surface area contributed by atoms with Gasteiger partial charge in [0.1, 0.15) is 5.75 Å². The van der Waals surface area contributed by atoms with Gasteiger partial charge in [-0.3, -0.25) is 10.1 Å². The third-order valence-corrected chi connectivity index (χ3v) is 5.78. The molecule has 28 heavy (non-hydrogen) atoms. The van der Waals surface area contributed by atoms with Gasteiger partial charge in [-0.1, -0.05) is 43.1 Å². The van der Waals surface area contributed by atoms with Crippen LogP contribution in [0, 0.1) is 6.92 Å². The largest absolute Gasteiger partial charge is 0.483 e. The van der Waals surface area contributed by atoms with Gasteiger partial charge in [0.25, 0.3) is 5.91 Å². The molecule has 1 heterocycles. The van der Waals surface area contributed by atoms with Crippen molar-refractivity contribution in [3.63, 3.8) is 0 Å². The Labute approximate surface area is 182 Å². The quantitative estimate of drug-likeness (QED) is 0.420. The Bertz CT molecular complexity index is 990. The van der Waals surface area contributed by atoms with Gasteiger partial charge < -0.3 is 4.74 Å². The van der Waals surface area contributed by atoms with Crippen LogP contribution in [0.25, 0.3) is 11.3 Å². The van der Waals surface area contributed by atoms with Gasteiger partial charge in [0, 0.05) is 15.5 Å².